The lowest BCUT2D eigenvalue weighted by Gasteiger charge is -2.12. The minimum Gasteiger partial charge on any atom is -0.490 e. The van der Waals surface area contributed by atoms with E-state index in [-0.39, 0.29) is 33.8 Å². The van der Waals surface area contributed by atoms with Crippen LogP contribution in [-0.4, -0.2) is 29.4 Å². The fraction of sp³-hybridized carbons (Fsp3) is 0.150. The first-order valence-electron chi connectivity index (χ1n) is 8.70. The standard InChI is InChI=1S/C20H15ClN2O7/c1-3-28-17-10-12(8-15(21)18(17)29-11(2)24)9-16-20(25)30-19(22-16)13-4-6-14(7-5-13)23(26)27/h4-10H,3H2,1-2H3. The Kier molecular flexibility index (Phi) is 6.12. The van der Waals surface area contributed by atoms with Gasteiger partial charge in [-0.05, 0) is 42.8 Å². The van der Waals surface area contributed by atoms with E-state index in [1.807, 2.05) is 0 Å². The van der Waals surface area contributed by atoms with Crippen LogP contribution in [0.15, 0.2) is 47.1 Å². The van der Waals surface area contributed by atoms with Crippen molar-refractivity contribution in [3.63, 3.8) is 0 Å². The first kappa shape index (κ1) is 21.0. The Bertz CT molecular complexity index is 1090. The second kappa shape index (κ2) is 8.75. The fourth-order valence-corrected chi connectivity index (χ4v) is 2.85. The van der Waals surface area contributed by atoms with Gasteiger partial charge in [-0.25, -0.2) is 9.79 Å². The summed E-state index contributed by atoms with van der Waals surface area (Å²) >= 11 is 6.21. The molecule has 0 saturated carbocycles. The summed E-state index contributed by atoms with van der Waals surface area (Å²) in [5.41, 5.74) is 0.795. The lowest BCUT2D eigenvalue weighted by atomic mass is 10.1. The van der Waals surface area contributed by atoms with E-state index >= 15 is 0 Å². The number of cyclic esters (lactones) is 1. The highest BCUT2D eigenvalue weighted by atomic mass is 35.5. The van der Waals surface area contributed by atoms with E-state index in [1.54, 1.807) is 13.0 Å². The summed E-state index contributed by atoms with van der Waals surface area (Å²) in [7, 11) is 0. The molecular formula is C20H15ClN2O7. The van der Waals surface area contributed by atoms with E-state index in [4.69, 9.17) is 25.8 Å². The van der Waals surface area contributed by atoms with E-state index in [0.717, 1.165) is 0 Å². The van der Waals surface area contributed by atoms with E-state index in [9.17, 15) is 19.7 Å². The summed E-state index contributed by atoms with van der Waals surface area (Å²) in [6, 6.07) is 8.48. The number of benzene rings is 2. The average Bonchev–Trinajstić information content (AvgIpc) is 3.05. The predicted molar refractivity (Wildman–Crippen MR) is 108 cm³/mol. The minimum atomic E-state index is -0.693. The first-order chi connectivity index (χ1) is 14.3. The van der Waals surface area contributed by atoms with Gasteiger partial charge in [0.25, 0.3) is 5.69 Å². The third kappa shape index (κ3) is 4.64. The molecule has 0 amide bonds. The third-order valence-electron chi connectivity index (χ3n) is 3.83. The molecule has 0 aliphatic carbocycles. The van der Waals surface area contributed by atoms with Crippen LogP contribution < -0.4 is 9.47 Å². The summed E-state index contributed by atoms with van der Waals surface area (Å²) in [5.74, 6) is -0.911. The zero-order chi connectivity index (χ0) is 21.8. The van der Waals surface area contributed by atoms with Gasteiger partial charge in [-0.2, -0.15) is 0 Å². The molecule has 0 unspecified atom stereocenters. The Hall–Kier alpha value is -3.72. The van der Waals surface area contributed by atoms with Crippen LogP contribution in [0.1, 0.15) is 25.0 Å². The average molecular weight is 431 g/mol. The van der Waals surface area contributed by atoms with Crippen molar-refractivity contribution >= 4 is 41.2 Å². The number of rotatable bonds is 6. The molecule has 0 bridgehead atoms. The quantitative estimate of drug-likeness (QED) is 0.224. The Morgan fingerprint density at radius 3 is 2.60 bits per heavy atom. The number of nitrogens with zero attached hydrogens (tertiary/aromatic N) is 2. The van der Waals surface area contributed by atoms with Crippen LogP contribution in [0.5, 0.6) is 11.5 Å². The second-order valence-electron chi connectivity index (χ2n) is 6.00. The van der Waals surface area contributed by atoms with Gasteiger partial charge in [-0.1, -0.05) is 11.6 Å². The number of non-ortho nitro benzene ring substituents is 1. The topological polar surface area (TPSA) is 117 Å². The molecule has 0 spiro atoms. The van der Waals surface area contributed by atoms with E-state index in [2.05, 4.69) is 4.99 Å². The number of nitro benzene ring substituents is 1. The second-order valence-corrected chi connectivity index (χ2v) is 6.40. The number of carbonyl (C=O) groups is 2. The van der Waals surface area contributed by atoms with Gasteiger partial charge < -0.3 is 14.2 Å². The van der Waals surface area contributed by atoms with Crippen LogP contribution in [0, 0.1) is 10.1 Å². The molecule has 154 valence electrons. The Morgan fingerprint density at radius 1 is 1.30 bits per heavy atom. The van der Waals surface area contributed by atoms with Crippen molar-refractivity contribution in [1.82, 2.24) is 0 Å². The highest BCUT2D eigenvalue weighted by Crippen LogP contribution is 2.37. The van der Waals surface area contributed by atoms with Gasteiger partial charge in [0.2, 0.25) is 5.90 Å². The lowest BCUT2D eigenvalue weighted by Crippen LogP contribution is -2.06. The molecule has 30 heavy (non-hydrogen) atoms. The van der Waals surface area contributed by atoms with Crippen molar-refractivity contribution in [3.05, 3.63) is 68.4 Å². The number of hydrogen-bond acceptors (Lipinski definition) is 8. The SMILES string of the molecule is CCOc1cc(C=C2N=C(c3ccc([N+](=O)[O-])cc3)OC2=O)cc(Cl)c1OC(C)=O. The lowest BCUT2D eigenvalue weighted by molar-refractivity contribution is -0.384. The van der Waals surface area contributed by atoms with Crippen LogP contribution in [0.3, 0.4) is 0 Å². The van der Waals surface area contributed by atoms with Crippen molar-refractivity contribution < 1.29 is 28.7 Å². The maximum atomic E-state index is 12.2. The summed E-state index contributed by atoms with van der Waals surface area (Å²) in [4.78, 5) is 37.9. The van der Waals surface area contributed by atoms with E-state index in [1.165, 1.54) is 43.3 Å². The molecule has 0 N–H and O–H groups in total. The van der Waals surface area contributed by atoms with Crippen LogP contribution in [0.4, 0.5) is 5.69 Å². The highest BCUT2D eigenvalue weighted by Gasteiger charge is 2.25. The molecule has 10 heteroatoms. The zero-order valence-corrected chi connectivity index (χ0v) is 16.6. The normalized spacial score (nSPS) is 14.3. The van der Waals surface area contributed by atoms with E-state index in [0.29, 0.717) is 17.7 Å². The summed E-state index contributed by atoms with van der Waals surface area (Å²) in [6.07, 6.45) is 1.44. The number of aliphatic imine (C=N–C) groups is 1. The van der Waals surface area contributed by atoms with Crippen molar-refractivity contribution in [3.8, 4) is 11.5 Å². The first-order valence-corrected chi connectivity index (χ1v) is 9.08. The molecule has 1 heterocycles. The molecule has 9 nitrogen and oxygen atoms in total. The Labute approximate surface area is 175 Å². The van der Waals surface area contributed by atoms with Gasteiger partial charge in [0.05, 0.1) is 16.6 Å². The number of halogens is 1. The molecule has 0 aromatic heterocycles. The number of hydrogen-bond donors (Lipinski definition) is 0. The summed E-state index contributed by atoms with van der Waals surface area (Å²) in [6.45, 7) is 3.30. The van der Waals surface area contributed by atoms with Crippen LogP contribution in [0.25, 0.3) is 6.08 Å². The molecule has 0 fully saturated rings. The molecule has 0 atom stereocenters. The van der Waals surface area contributed by atoms with Crippen LogP contribution in [-0.2, 0) is 14.3 Å². The van der Waals surface area contributed by atoms with Crippen molar-refractivity contribution in [2.75, 3.05) is 6.61 Å². The zero-order valence-electron chi connectivity index (χ0n) is 15.9. The van der Waals surface area contributed by atoms with Crippen LogP contribution in [0.2, 0.25) is 5.02 Å². The van der Waals surface area contributed by atoms with Gasteiger partial charge in [-0.3, -0.25) is 14.9 Å². The maximum Gasteiger partial charge on any atom is 0.363 e. The molecule has 0 radical (unpaired) electrons. The molecule has 2 aromatic rings. The smallest absolute Gasteiger partial charge is 0.363 e. The number of nitro groups is 1. The number of esters is 2. The van der Waals surface area contributed by atoms with Crippen molar-refractivity contribution in [2.45, 2.75) is 13.8 Å². The van der Waals surface area contributed by atoms with Gasteiger partial charge in [0.1, 0.15) is 0 Å². The molecule has 3 rings (SSSR count). The highest BCUT2D eigenvalue weighted by molar-refractivity contribution is 6.32. The summed E-state index contributed by atoms with van der Waals surface area (Å²) < 4.78 is 15.7. The monoisotopic (exact) mass is 430 g/mol. The molecule has 1 aliphatic heterocycles. The molecule has 0 saturated heterocycles. The van der Waals surface area contributed by atoms with E-state index < -0.39 is 16.9 Å². The Balaban J connectivity index is 1.94. The van der Waals surface area contributed by atoms with Crippen molar-refractivity contribution in [1.29, 1.82) is 0 Å². The fourth-order valence-electron chi connectivity index (χ4n) is 2.59. The van der Waals surface area contributed by atoms with Gasteiger partial charge in [-0.15, -0.1) is 0 Å². The van der Waals surface area contributed by atoms with Gasteiger partial charge >= 0.3 is 11.9 Å². The number of carbonyl (C=O) groups excluding carboxylic acids is 2. The molecular weight excluding hydrogens is 416 g/mol. The largest absolute Gasteiger partial charge is 0.490 e. The van der Waals surface area contributed by atoms with Crippen LogP contribution >= 0.6 is 11.6 Å². The third-order valence-corrected chi connectivity index (χ3v) is 4.11. The predicted octanol–water partition coefficient (Wildman–Crippen LogP) is 3.92. The maximum absolute atomic E-state index is 12.2. The van der Waals surface area contributed by atoms with Crippen molar-refractivity contribution in [2.24, 2.45) is 4.99 Å². The molecule has 2 aromatic carbocycles. The summed E-state index contributed by atoms with van der Waals surface area (Å²) in [5, 5.41) is 10.9. The van der Waals surface area contributed by atoms with Gasteiger partial charge in [0, 0.05) is 24.6 Å². The number of ether oxygens (including phenoxy) is 3. The molecule has 1 aliphatic rings. The Morgan fingerprint density at radius 2 is 2.00 bits per heavy atom. The van der Waals surface area contributed by atoms with Gasteiger partial charge in [0.15, 0.2) is 17.2 Å². The minimum absolute atomic E-state index is 0.00195.